The summed E-state index contributed by atoms with van der Waals surface area (Å²) in [5.74, 6) is 0.457. The average molecular weight is 302 g/mol. The lowest BCUT2D eigenvalue weighted by atomic mass is 9.92. The number of hydrogen-bond acceptors (Lipinski definition) is 3. The molecule has 2 N–H and O–H groups in total. The predicted octanol–water partition coefficient (Wildman–Crippen LogP) is 2.21. The highest BCUT2D eigenvalue weighted by atomic mass is 16.3. The number of likely N-dealkylation sites (tertiary alicyclic amines) is 1. The number of nitrogens with zero attached hydrogens (tertiary/aromatic N) is 1. The first-order chi connectivity index (χ1) is 10.7. The maximum atomic E-state index is 12.3. The summed E-state index contributed by atoms with van der Waals surface area (Å²) < 4.78 is 0. The lowest BCUT2D eigenvalue weighted by Crippen LogP contribution is -2.45. The maximum Gasteiger partial charge on any atom is 0.238 e. The summed E-state index contributed by atoms with van der Waals surface area (Å²) in [4.78, 5) is 14.5. The molecule has 1 aromatic carbocycles. The van der Waals surface area contributed by atoms with E-state index in [1.165, 1.54) is 24.0 Å². The number of aryl methyl sites for hydroxylation is 2. The van der Waals surface area contributed by atoms with Crippen LogP contribution < -0.4 is 5.32 Å². The van der Waals surface area contributed by atoms with Gasteiger partial charge >= 0.3 is 0 Å². The second-order valence-corrected chi connectivity index (χ2v) is 6.78. The number of nitrogens with one attached hydrogen (secondary N) is 1. The summed E-state index contributed by atoms with van der Waals surface area (Å²) in [6, 6.07) is 6.65. The molecular formula is C18H26N2O2. The summed E-state index contributed by atoms with van der Waals surface area (Å²) in [7, 11) is 0. The van der Waals surface area contributed by atoms with Crippen molar-refractivity contribution in [1.29, 1.82) is 0 Å². The summed E-state index contributed by atoms with van der Waals surface area (Å²) in [5.41, 5.74) is 3.73. The highest BCUT2D eigenvalue weighted by Crippen LogP contribution is 2.25. The van der Waals surface area contributed by atoms with Crippen LogP contribution in [-0.4, -0.2) is 41.7 Å². The van der Waals surface area contributed by atoms with E-state index in [9.17, 15) is 9.90 Å². The number of amides is 1. The summed E-state index contributed by atoms with van der Waals surface area (Å²) in [6.45, 7) is 3.74. The van der Waals surface area contributed by atoms with Gasteiger partial charge in [0.1, 0.15) is 0 Å². The van der Waals surface area contributed by atoms with Crippen LogP contribution in [-0.2, 0) is 17.6 Å². The lowest BCUT2D eigenvalue weighted by molar-refractivity contribution is -0.118. The Bertz CT molecular complexity index is 544. The van der Waals surface area contributed by atoms with Crippen molar-refractivity contribution in [3.8, 4) is 0 Å². The predicted molar refractivity (Wildman–Crippen MR) is 87.9 cm³/mol. The number of carbonyl (C=O) groups excluding carboxylic acids is 1. The number of aliphatic hydroxyl groups is 1. The topological polar surface area (TPSA) is 52.6 Å². The van der Waals surface area contributed by atoms with Crippen LogP contribution in [0.1, 0.15) is 37.3 Å². The zero-order chi connectivity index (χ0) is 15.5. The van der Waals surface area contributed by atoms with Crippen molar-refractivity contribution < 1.29 is 9.90 Å². The van der Waals surface area contributed by atoms with E-state index in [1.54, 1.807) is 0 Å². The Morgan fingerprint density at radius 1 is 1.36 bits per heavy atom. The normalized spacial score (nSPS) is 25.0. The van der Waals surface area contributed by atoms with Crippen LogP contribution in [0.25, 0.3) is 0 Å². The van der Waals surface area contributed by atoms with Gasteiger partial charge in [0, 0.05) is 18.3 Å². The maximum absolute atomic E-state index is 12.3. The van der Waals surface area contributed by atoms with Gasteiger partial charge in [-0.25, -0.2) is 0 Å². The molecule has 1 fully saturated rings. The Morgan fingerprint density at radius 2 is 2.18 bits per heavy atom. The summed E-state index contributed by atoms with van der Waals surface area (Å²) in [6.07, 6.45) is 5.48. The van der Waals surface area contributed by atoms with Crippen molar-refractivity contribution in [2.75, 3.05) is 25.0 Å². The number of hydrogen-bond donors (Lipinski definition) is 2. The largest absolute Gasteiger partial charge is 0.396 e. The Kier molecular flexibility index (Phi) is 4.79. The molecule has 0 radical (unpaired) electrons. The number of aliphatic hydroxyl groups excluding tert-OH is 1. The van der Waals surface area contributed by atoms with Crippen molar-refractivity contribution in [1.82, 2.24) is 4.90 Å². The van der Waals surface area contributed by atoms with Crippen molar-refractivity contribution in [2.24, 2.45) is 5.92 Å². The molecule has 1 heterocycles. The van der Waals surface area contributed by atoms with Gasteiger partial charge in [0.2, 0.25) is 5.91 Å². The first-order valence-corrected chi connectivity index (χ1v) is 8.42. The van der Waals surface area contributed by atoms with Crippen LogP contribution in [0.2, 0.25) is 0 Å². The molecule has 0 unspecified atom stereocenters. The third-order valence-corrected chi connectivity index (χ3v) is 5.11. The molecule has 120 valence electrons. The van der Waals surface area contributed by atoms with Crippen LogP contribution in [0.15, 0.2) is 18.2 Å². The molecule has 0 aromatic heterocycles. The Hall–Kier alpha value is -1.39. The molecule has 0 saturated carbocycles. The Labute approximate surface area is 132 Å². The molecule has 1 aromatic rings. The van der Waals surface area contributed by atoms with E-state index in [0.29, 0.717) is 18.5 Å². The van der Waals surface area contributed by atoms with E-state index in [0.717, 1.165) is 31.5 Å². The van der Waals surface area contributed by atoms with Gasteiger partial charge in [-0.05, 0) is 74.8 Å². The molecule has 1 aliphatic heterocycles. The Balaban J connectivity index is 1.54. The quantitative estimate of drug-likeness (QED) is 0.896. The number of anilines is 1. The second kappa shape index (κ2) is 6.80. The number of carbonyl (C=O) groups is 1. The summed E-state index contributed by atoms with van der Waals surface area (Å²) in [5, 5.41) is 12.3. The van der Waals surface area contributed by atoms with Crippen molar-refractivity contribution in [3.05, 3.63) is 29.3 Å². The third kappa shape index (κ3) is 3.50. The van der Waals surface area contributed by atoms with Crippen molar-refractivity contribution >= 4 is 11.6 Å². The van der Waals surface area contributed by atoms with Crippen molar-refractivity contribution in [2.45, 2.75) is 45.1 Å². The molecule has 1 aliphatic carbocycles. The fraction of sp³-hybridized carbons (Fsp3) is 0.611. The smallest absolute Gasteiger partial charge is 0.238 e. The SMILES string of the molecule is C[C@H]1C[C@@H](CO)CCN1CC(=O)Nc1ccc2c(c1)CCC2. The fourth-order valence-corrected chi connectivity index (χ4v) is 3.75. The number of rotatable bonds is 4. The van der Waals surface area contributed by atoms with Gasteiger partial charge in [0.05, 0.1) is 6.54 Å². The molecule has 3 rings (SSSR count). The van der Waals surface area contributed by atoms with Gasteiger partial charge in [0.15, 0.2) is 0 Å². The minimum atomic E-state index is 0.0623. The van der Waals surface area contributed by atoms with Crippen LogP contribution in [0.5, 0.6) is 0 Å². The molecule has 0 spiro atoms. The Morgan fingerprint density at radius 3 is 2.95 bits per heavy atom. The van der Waals surface area contributed by atoms with Gasteiger partial charge in [-0.2, -0.15) is 0 Å². The van der Waals surface area contributed by atoms with Gasteiger partial charge in [0.25, 0.3) is 0 Å². The van der Waals surface area contributed by atoms with Gasteiger partial charge in [-0.1, -0.05) is 6.07 Å². The molecule has 1 amide bonds. The van der Waals surface area contributed by atoms with Crippen molar-refractivity contribution in [3.63, 3.8) is 0 Å². The molecule has 4 heteroatoms. The highest BCUT2D eigenvalue weighted by molar-refractivity contribution is 5.92. The number of benzene rings is 1. The van der Waals surface area contributed by atoms with E-state index in [4.69, 9.17) is 0 Å². The van der Waals surface area contributed by atoms with Gasteiger partial charge in [-0.3, -0.25) is 9.69 Å². The van der Waals surface area contributed by atoms with E-state index < -0.39 is 0 Å². The highest BCUT2D eigenvalue weighted by Gasteiger charge is 2.26. The first kappa shape index (κ1) is 15.5. The monoisotopic (exact) mass is 302 g/mol. The lowest BCUT2D eigenvalue weighted by Gasteiger charge is -2.36. The fourth-order valence-electron chi connectivity index (χ4n) is 3.75. The second-order valence-electron chi connectivity index (χ2n) is 6.78. The molecule has 0 bridgehead atoms. The van der Waals surface area contributed by atoms with Crippen LogP contribution in [0.4, 0.5) is 5.69 Å². The standard InChI is InChI=1S/C18H26N2O2/c1-13-9-14(12-21)7-8-20(13)11-18(22)19-17-6-5-15-3-2-4-16(15)10-17/h5-6,10,13-14,21H,2-4,7-9,11-12H2,1H3,(H,19,22)/t13-,14-/m0/s1. The minimum Gasteiger partial charge on any atom is -0.396 e. The van der Waals surface area contributed by atoms with Crippen LogP contribution in [0, 0.1) is 5.92 Å². The number of fused-ring (bicyclic) bond motifs is 1. The third-order valence-electron chi connectivity index (χ3n) is 5.11. The average Bonchev–Trinajstić information content (AvgIpc) is 2.96. The minimum absolute atomic E-state index is 0.0623. The molecule has 1 saturated heterocycles. The zero-order valence-corrected chi connectivity index (χ0v) is 13.3. The molecular weight excluding hydrogens is 276 g/mol. The van der Waals surface area contributed by atoms with Crippen LogP contribution >= 0.6 is 0 Å². The van der Waals surface area contributed by atoms with Crippen LogP contribution in [0.3, 0.4) is 0 Å². The summed E-state index contributed by atoms with van der Waals surface area (Å²) >= 11 is 0. The van der Waals surface area contributed by atoms with E-state index in [-0.39, 0.29) is 12.5 Å². The number of piperidine rings is 1. The van der Waals surface area contributed by atoms with E-state index in [1.807, 2.05) is 6.07 Å². The molecule has 2 aliphatic rings. The molecule has 4 nitrogen and oxygen atoms in total. The van der Waals surface area contributed by atoms with E-state index in [2.05, 4.69) is 29.3 Å². The first-order valence-electron chi connectivity index (χ1n) is 8.42. The van der Waals surface area contributed by atoms with Gasteiger partial charge < -0.3 is 10.4 Å². The zero-order valence-electron chi connectivity index (χ0n) is 13.3. The molecule has 2 atom stereocenters. The van der Waals surface area contributed by atoms with Gasteiger partial charge in [-0.15, -0.1) is 0 Å². The molecule has 22 heavy (non-hydrogen) atoms. The van der Waals surface area contributed by atoms with E-state index >= 15 is 0 Å².